The fourth-order valence-corrected chi connectivity index (χ4v) is 5.33. The van der Waals surface area contributed by atoms with Gasteiger partial charge in [0.1, 0.15) is 40.6 Å². The molecule has 3 aromatic carbocycles. The van der Waals surface area contributed by atoms with Gasteiger partial charge in [-0.1, -0.05) is 42.5 Å². The minimum atomic E-state index is -1.45. The normalized spacial score (nSPS) is 14.2. The zero-order valence-electron chi connectivity index (χ0n) is 25.7. The molecule has 4 aromatic rings. The van der Waals surface area contributed by atoms with Gasteiger partial charge in [-0.25, -0.2) is 18.6 Å². The first-order valence-corrected chi connectivity index (χ1v) is 14.8. The highest BCUT2D eigenvalue weighted by atomic mass is 19.1. The van der Waals surface area contributed by atoms with E-state index in [-0.39, 0.29) is 26.1 Å². The maximum Gasteiger partial charge on any atom is 0.408 e. The topological polar surface area (TPSA) is 126 Å². The number of hydrogen-bond donors (Lipinski definition) is 3. The second kappa shape index (κ2) is 13.4. The number of aliphatic carboxylic acids is 1. The number of imidazole rings is 1. The van der Waals surface area contributed by atoms with Gasteiger partial charge in [0.05, 0.1) is 12.5 Å². The molecule has 0 saturated carbocycles. The Labute approximate surface area is 265 Å². The number of nitrogens with zero attached hydrogens (tertiary/aromatic N) is 3. The molecule has 2 amide bonds. The Kier molecular flexibility index (Phi) is 9.36. The Balaban J connectivity index is 1.48. The lowest BCUT2D eigenvalue weighted by Gasteiger charge is -2.34. The first-order chi connectivity index (χ1) is 21.9. The highest BCUT2D eigenvalue weighted by Crippen LogP contribution is 2.34. The van der Waals surface area contributed by atoms with Crippen LogP contribution in [-0.4, -0.2) is 55.7 Å². The third kappa shape index (κ3) is 7.68. The number of amides is 2. The molecule has 2 atom stereocenters. The molecule has 2 heterocycles. The summed E-state index contributed by atoms with van der Waals surface area (Å²) in [5, 5.41) is 16.1. The van der Waals surface area contributed by atoms with E-state index in [1.165, 1.54) is 29.2 Å². The maximum atomic E-state index is 14.3. The van der Waals surface area contributed by atoms with Crippen LogP contribution in [0, 0.1) is 17.6 Å². The van der Waals surface area contributed by atoms with Gasteiger partial charge < -0.3 is 29.9 Å². The molecule has 3 N–H and O–H groups in total. The van der Waals surface area contributed by atoms with E-state index in [9.17, 15) is 28.3 Å². The minimum absolute atomic E-state index is 0.0136. The van der Waals surface area contributed by atoms with Crippen molar-refractivity contribution in [1.82, 2.24) is 19.8 Å². The van der Waals surface area contributed by atoms with E-state index < -0.39 is 47.2 Å². The van der Waals surface area contributed by atoms with Crippen LogP contribution in [0.15, 0.2) is 78.9 Å². The number of hydrogen-bond acceptors (Lipinski definition) is 6. The van der Waals surface area contributed by atoms with E-state index in [1.807, 2.05) is 4.57 Å². The van der Waals surface area contributed by atoms with Gasteiger partial charge in [-0.05, 0) is 69.2 Å². The summed E-state index contributed by atoms with van der Waals surface area (Å²) in [7, 11) is 0. The standard InChI is InChI=1S/C34H35F2N5O5/c1-34(2,3)46-33(45)39-29(26(32(43)44)18-21-8-5-4-6-9-21)31(42)40-16-17-41-27(20-40)38-28(22-10-7-11-24(36)19-22)30(41)37-25-14-12-23(35)13-15-25/h4-15,19,26,29,37H,16-18,20H2,1-3H3,(H,39,45)(H,43,44)/t26?,29-/m0/s1. The summed E-state index contributed by atoms with van der Waals surface area (Å²) < 4.78 is 35.1. The van der Waals surface area contributed by atoms with E-state index in [0.717, 1.165) is 0 Å². The molecule has 1 unspecified atom stereocenters. The number of rotatable bonds is 9. The third-order valence-electron chi connectivity index (χ3n) is 7.45. The molecule has 0 aliphatic carbocycles. The molecule has 0 bridgehead atoms. The van der Waals surface area contributed by atoms with Gasteiger partial charge in [0.15, 0.2) is 0 Å². The Hall–Kier alpha value is -5.26. The number of carboxylic acids is 1. The fraction of sp³-hybridized carbons (Fsp3) is 0.294. The van der Waals surface area contributed by atoms with Crippen molar-refractivity contribution in [1.29, 1.82) is 0 Å². The van der Waals surface area contributed by atoms with Crippen molar-refractivity contribution >= 4 is 29.5 Å². The van der Waals surface area contributed by atoms with E-state index in [2.05, 4.69) is 10.6 Å². The van der Waals surface area contributed by atoms with Crippen molar-refractivity contribution in [3.63, 3.8) is 0 Å². The molecule has 0 saturated heterocycles. The highest BCUT2D eigenvalue weighted by molar-refractivity contribution is 5.91. The third-order valence-corrected chi connectivity index (χ3v) is 7.45. The number of ether oxygens (including phenoxy) is 1. The Bertz CT molecular complexity index is 1720. The molecule has 1 aliphatic rings. The summed E-state index contributed by atoms with van der Waals surface area (Å²) in [5.74, 6) is -3.05. The van der Waals surface area contributed by atoms with Gasteiger partial charge >= 0.3 is 12.1 Å². The summed E-state index contributed by atoms with van der Waals surface area (Å²) in [4.78, 5) is 45.8. The number of halogens is 2. The first-order valence-electron chi connectivity index (χ1n) is 14.8. The number of benzene rings is 3. The van der Waals surface area contributed by atoms with Crippen molar-refractivity contribution in [2.45, 2.75) is 51.9 Å². The van der Waals surface area contributed by atoms with Crippen LogP contribution in [0.1, 0.15) is 32.2 Å². The number of carboxylic acid groups (broad SMARTS) is 1. The van der Waals surface area contributed by atoms with Gasteiger partial charge in [0.2, 0.25) is 5.91 Å². The summed E-state index contributed by atoms with van der Waals surface area (Å²) in [6.45, 7) is 5.40. The monoisotopic (exact) mass is 631 g/mol. The number of carbonyl (C=O) groups excluding carboxylic acids is 2. The van der Waals surface area contributed by atoms with Gasteiger partial charge in [-0.3, -0.25) is 9.59 Å². The summed E-state index contributed by atoms with van der Waals surface area (Å²) in [6, 6.07) is 19.1. The zero-order chi connectivity index (χ0) is 33.0. The quantitative estimate of drug-likeness (QED) is 0.215. The lowest BCUT2D eigenvalue weighted by atomic mass is 9.91. The molecular formula is C34H35F2N5O5. The van der Waals surface area contributed by atoms with Crippen molar-refractivity contribution in [2.24, 2.45) is 5.92 Å². The van der Waals surface area contributed by atoms with Crippen LogP contribution in [0.4, 0.5) is 25.1 Å². The molecular weight excluding hydrogens is 596 g/mol. The van der Waals surface area contributed by atoms with Crippen molar-refractivity contribution < 1.29 is 33.0 Å². The van der Waals surface area contributed by atoms with Crippen molar-refractivity contribution in [3.05, 3.63) is 102 Å². The van der Waals surface area contributed by atoms with Crippen LogP contribution in [0.25, 0.3) is 11.3 Å². The smallest absolute Gasteiger partial charge is 0.408 e. The Morgan fingerprint density at radius 1 is 0.957 bits per heavy atom. The molecule has 46 heavy (non-hydrogen) atoms. The Morgan fingerprint density at radius 3 is 2.33 bits per heavy atom. The van der Waals surface area contributed by atoms with Crippen LogP contribution in [0.3, 0.4) is 0 Å². The van der Waals surface area contributed by atoms with Crippen LogP contribution in [-0.2, 0) is 33.8 Å². The average Bonchev–Trinajstić information content (AvgIpc) is 3.36. The van der Waals surface area contributed by atoms with E-state index >= 15 is 0 Å². The Morgan fingerprint density at radius 2 is 1.67 bits per heavy atom. The maximum absolute atomic E-state index is 14.3. The van der Waals surface area contributed by atoms with E-state index in [0.29, 0.717) is 34.2 Å². The number of carbonyl (C=O) groups is 3. The highest BCUT2D eigenvalue weighted by Gasteiger charge is 2.40. The zero-order valence-corrected chi connectivity index (χ0v) is 25.7. The molecule has 1 aromatic heterocycles. The minimum Gasteiger partial charge on any atom is -0.481 e. The van der Waals surface area contributed by atoms with E-state index in [4.69, 9.17) is 9.72 Å². The molecule has 12 heteroatoms. The molecule has 0 fully saturated rings. The summed E-state index contributed by atoms with van der Waals surface area (Å²) in [6.07, 6.45) is -0.928. The second-order valence-corrected chi connectivity index (χ2v) is 12.0. The molecule has 0 radical (unpaired) electrons. The van der Waals surface area contributed by atoms with Crippen LogP contribution in [0.5, 0.6) is 0 Å². The number of anilines is 2. The second-order valence-electron chi connectivity index (χ2n) is 12.0. The number of alkyl carbamates (subject to hydrolysis) is 1. The summed E-state index contributed by atoms with van der Waals surface area (Å²) >= 11 is 0. The van der Waals surface area contributed by atoms with Crippen molar-refractivity contribution in [2.75, 3.05) is 11.9 Å². The SMILES string of the molecule is CC(C)(C)OC(=O)N[C@H](C(=O)N1CCn2c(nc(-c3cccc(F)c3)c2Nc2ccc(F)cc2)C1)C(Cc1ccccc1)C(=O)O. The lowest BCUT2D eigenvalue weighted by molar-refractivity contribution is -0.148. The van der Waals surface area contributed by atoms with E-state index in [1.54, 1.807) is 75.4 Å². The summed E-state index contributed by atoms with van der Waals surface area (Å²) in [5.41, 5.74) is 1.29. The molecule has 10 nitrogen and oxygen atoms in total. The van der Waals surface area contributed by atoms with Gasteiger partial charge in [0, 0.05) is 24.3 Å². The lowest BCUT2D eigenvalue weighted by Crippen LogP contribution is -2.56. The molecule has 0 spiro atoms. The molecule has 5 rings (SSSR count). The molecule has 1 aliphatic heterocycles. The van der Waals surface area contributed by atoms with Crippen molar-refractivity contribution in [3.8, 4) is 11.3 Å². The number of fused-ring (bicyclic) bond motifs is 1. The number of nitrogens with one attached hydrogen (secondary N) is 2. The largest absolute Gasteiger partial charge is 0.481 e. The predicted octanol–water partition coefficient (Wildman–Crippen LogP) is 5.75. The van der Waals surface area contributed by atoms with Gasteiger partial charge in [0.25, 0.3) is 0 Å². The van der Waals surface area contributed by atoms with Crippen LogP contribution >= 0.6 is 0 Å². The number of aromatic nitrogens is 2. The van der Waals surface area contributed by atoms with Crippen LogP contribution < -0.4 is 10.6 Å². The predicted molar refractivity (Wildman–Crippen MR) is 167 cm³/mol. The molecule has 240 valence electrons. The van der Waals surface area contributed by atoms with Gasteiger partial charge in [-0.15, -0.1) is 0 Å². The first kappa shape index (κ1) is 32.1. The van der Waals surface area contributed by atoms with Crippen LogP contribution in [0.2, 0.25) is 0 Å². The van der Waals surface area contributed by atoms with Gasteiger partial charge in [-0.2, -0.15) is 0 Å². The average molecular weight is 632 g/mol. The fourth-order valence-electron chi connectivity index (χ4n) is 5.33.